The maximum atomic E-state index is 11.4. The van der Waals surface area contributed by atoms with Crippen molar-refractivity contribution in [1.82, 2.24) is 0 Å². The Morgan fingerprint density at radius 1 is 1.15 bits per heavy atom. The van der Waals surface area contributed by atoms with E-state index in [0.29, 0.717) is 11.3 Å². The molecule has 0 spiro atoms. The van der Waals surface area contributed by atoms with Crippen molar-refractivity contribution in [3.8, 4) is 0 Å². The Kier molecular flexibility index (Phi) is 3.18. The molecule has 1 aliphatic rings. The molecule has 0 radical (unpaired) electrons. The molecule has 3 nitrogen and oxygen atoms in total. The van der Waals surface area contributed by atoms with Crippen LogP contribution < -0.4 is 10.6 Å². The summed E-state index contributed by atoms with van der Waals surface area (Å²) in [7, 11) is 0. The molecular weight excluding hydrogens is 248 g/mol. The van der Waals surface area contributed by atoms with Crippen LogP contribution in [0.15, 0.2) is 42.5 Å². The minimum atomic E-state index is 0.0121. The molecule has 1 aliphatic heterocycles. The number of carbonyl (C=O) groups excluding carboxylic acids is 1. The van der Waals surface area contributed by atoms with E-state index in [9.17, 15) is 4.79 Å². The summed E-state index contributed by atoms with van der Waals surface area (Å²) in [6.07, 6.45) is 1.05. The van der Waals surface area contributed by atoms with E-state index in [2.05, 4.69) is 29.2 Å². The highest BCUT2D eigenvalue weighted by Gasteiger charge is 2.17. The van der Waals surface area contributed by atoms with Crippen LogP contribution in [0.4, 0.5) is 11.4 Å². The van der Waals surface area contributed by atoms with Gasteiger partial charge in [-0.25, -0.2) is 0 Å². The summed E-state index contributed by atoms with van der Waals surface area (Å²) in [5.41, 5.74) is 11.0. The molecule has 2 N–H and O–H groups in total. The number of nitrogens with zero attached hydrogens (tertiary/aromatic N) is 1. The third-order valence-electron chi connectivity index (χ3n) is 3.91. The van der Waals surface area contributed by atoms with Crippen LogP contribution in [0.3, 0.4) is 0 Å². The number of benzene rings is 2. The molecule has 3 heteroatoms. The highest BCUT2D eigenvalue weighted by Crippen LogP contribution is 2.27. The summed E-state index contributed by atoms with van der Waals surface area (Å²) in [5.74, 6) is 0.0121. The van der Waals surface area contributed by atoms with E-state index in [1.54, 1.807) is 6.92 Å². The fourth-order valence-electron chi connectivity index (χ4n) is 2.78. The Morgan fingerprint density at radius 3 is 2.60 bits per heavy atom. The molecule has 3 rings (SSSR count). The largest absolute Gasteiger partial charge is 0.398 e. The van der Waals surface area contributed by atoms with E-state index in [4.69, 9.17) is 5.73 Å². The minimum Gasteiger partial charge on any atom is -0.398 e. The second kappa shape index (κ2) is 5.00. The lowest BCUT2D eigenvalue weighted by Gasteiger charge is -2.31. The van der Waals surface area contributed by atoms with Crippen LogP contribution in [0.2, 0.25) is 0 Å². The molecule has 0 bridgehead atoms. The number of rotatable bonds is 2. The number of Topliss-reactive ketones (excluding diaryl/α,β-unsaturated/α-hetero) is 1. The lowest BCUT2D eigenvalue weighted by atomic mass is 9.99. The van der Waals surface area contributed by atoms with Gasteiger partial charge >= 0.3 is 0 Å². The van der Waals surface area contributed by atoms with Crippen molar-refractivity contribution < 1.29 is 4.79 Å². The smallest absolute Gasteiger partial charge is 0.161 e. The maximum Gasteiger partial charge on any atom is 0.161 e. The van der Waals surface area contributed by atoms with Crippen molar-refractivity contribution in [1.29, 1.82) is 0 Å². The molecule has 2 aromatic carbocycles. The van der Waals surface area contributed by atoms with Gasteiger partial charge in [-0.2, -0.15) is 0 Å². The van der Waals surface area contributed by atoms with Crippen molar-refractivity contribution in [2.75, 3.05) is 17.2 Å². The molecule has 0 fully saturated rings. The van der Waals surface area contributed by atoms with Crippen LogP contribution in [-0.2, 0) is 13.0 Å². The molecule has 102 valence electrons. The fourth-order valence-corrected chi connectivity index (χ4v) is 2.78. The summed E-state index contributed by atoms with van der Waals surface area (Å²) in [5, 5.41) is 0. The number of carbonyl (C=O) groups is 1. The van der Waals surface area contributed by atoms with Gasteiger partial charge in [0.2, 0.25) is 0 Å². The average Bonchev–Trinajstić information content (AvgIpc) is 2.46. The molecule has 0 saturated carbocycles. The highest BCUT2D eigenvalue weighted by atomic mass is 16.1. The van der Waals surface area contributed by atoms with Crippen LogP contribution in [-0.4, -0.2) is 12.3 Å². The number of nitrogens with two attached hydrogens (primary N) is 1. The molecule has 1 heterocycles. The molecule has 0 aliphatic carbocycles. The molecular formula is C17H18N2O. The van der Waals surface area contributed by atoms with Crippen molar-refractivity contribution in [3.63, 3.8) is 0 Å². The third kappa shape index (κ3) is 2.27. The van der Waals surface area contributed by atoms with Gasteiger partial charge in [0.15, 0.2) is 5.78 Å². The molecule has 20 heavy (non-hydrogen) atoms. The van der Waals surface area contributed by atoms with Gasteiger partial charge < -0.3 is 10.6 Å². The molecule has 0 saturated heterocycles. The SMILES string of the molecule is CC(=O)c1ccc(N2CCc3ccccc3C2)cc1N. The van der Waals surface area contributed by atoms with Crippen LogP contribution in [0.5, 0.6) is 0 Å². The lowest BCUT2D eigenvalue weighted by Crippen LogP contribution is -2.30. The van der Waals surface area contributed by atoms with E-state index in [-0.39, 0.29) is 5.78 Å². The first kappa shape index (κ1) is 12.7. The summed E-state index contributed by atoms with van der Waals surface area (Å²) in [4.78, 5) is 13.7. The first-order valence-corrected chi connectivity index (χ1v) is 6.87. The monoisotopic (exact) mass is 266 g/mol. The highest BCUT2D eigenvalue weighted by molar-refractivity contribution is 5.99. The van der Waals surface area contributed by atoms with Gasteiger partial charge in [0.05, 0.1) is 0 Å². The molecule has 2 aromatic rings. The van der Waals surface area contributed by atoms with Crippen LogP contribution in [0, 0.1) is 0 Å². The Hall–Kier alpha value is -2.29. The lowest BCUT2D eigenvalue weighted by molar-refractivity contribution is 0.101. The number of ketones is 1. The fraction of sp³-hybridized carbons (Fsp3) is 0.235. The Morgan fingerprint density at radius 2 is 1.90 bits per heavy atom. The number of fused-ring (bicyclic) bond motifs is 1. The standard InChI is InChI=1S/C17H18N2O/c1-12(20)16-7-6-15(10-17(16)18)19-9-8-13-4-2-3-5-14(13)11-19/h2-7,10H,8-9,11,18H2,1H3. The summed E-state index contributed by atoms with van der Waals surface area (Å²) in [6, 6.07) is 14.3. The first-order valence-electron chi connectivity index (χ1n) is 6.87. The van der Waals surface area contributed by atoms with E-state index in [1.807, 2.05) is 18.2 Å². The second-order valence-corrected chi connectivity index (χ2v) is 5.27. The second-order valence-electron chi connectivity index (χ2n) is 5.27. The zero-order valence-electron chi connectivity index (χ0n) is 11.6. The topological polar surface area (TPSA) is 46.3 Å². The summed E-state index contributed by atoms with van der Waals surface area (Å²) >= 11 is 0. The van der Waals surface area contributed by atoms with Gasteiger partial charge in [0.1, 0.15) is 0 Å². The predicted octanol–water partition coefficient (Wildman–Crippen LogP) is 3.03. The zero-order chi connectivity index (χ0) is 14.1. The quantitative estimate of drug-likeness (QED) is 0.671. The van der Waals surface area contributed by atoms with Crippen molar-refractivity contribution >= 4 is 17.2 Å². The van der Waals surface area contributed by atoms with Crippen LogP contribution >= 0.6 is 0 Å². The van der Waals surface area contributed by atoms with Gasteiger partial charge in [0.25, 0.3) is 0 Å². The molecule has 0 aromatic heterocycles. The Bertz CT molecular complexity index is 664. The molecule has 0 atom stereocenters. The normalized spacial score (nSPS) is 13.9. The number of anilines is 2. The van der Waals surface area contributed by atoms with Gasteiger partial charge in [0, 0.05) is 30.0 Å². The van der Waals surface area contributed by atoms with Crippen molar-refractivity contribution in [2.45, 2.75) is 19.9 Å². The van der Waals surface area contributed by atoms with E-state index in [1.165, 1.54) is 11.1 Å². The van der Waals surface area contributed by atoms with Crippen molar-refractivity contribution in [2.24, 2.45) is 0 Å². The molecule has 0 unspecified atom stereocenters. The Balaban J connectivity index is 1.88. The molecule has 0 amide bonds. The Labute approximate surface area is 119 Å². The van der Waals surface area contributed by atoms with Crippen LogP contribution in [0.25, 0.3) is 0 Å². The van der Waals surface area contributed by atoms with E-state index in [0.717, 1.165) is 25.2 Å². The van der Waals surface area contributed by atoms with E-state index >= 15 is 0 Å². The van der Waals surface area contributed by atoms with E-state index < -0.39 is 0 Å². The summed E-state index contributed by atoms with van der Waals surface area (Å²) in [6.45, 7) is 3.42. The summed E-state index contributed by atoms with van der Waals surface area (Å²) < 4.78 is 0. The average molecular weight is 266 g/mol. The van der Waals surface area contributed by atoms with Crippen LogP contribution in [0.1, 0.15) is 28.4 Å². The number of hydrogen-bond acceptors (Lipinski definition) is 3. The maximum absolute atomic E-state index is 11.4. The van der Waals surface area contributed by atoms with Crippen molar-refractivity contribution in [3.05, 3.63) is 59.2 Å². The number of nitrogen functional groups attached to an aromatic ring is 1. The predicted molar refractivity (Wildman–Crippen MR) is 82.1 cm³/mol. The van der Waals surface area contributed by atoms with Gasteiger partial charge in [-0.15, -0.1) is 0 Å². The van der Waals surface area contributed by atoms with Gasteiger partial charge in [-0.1, -0.05) is 24.3 Å². The first-order chi connectivity index (χ1) is 9.65. The minimum absolute atomic E-state index is 0.0121. The van der Waals surface area contributed by atoms with Gasteiger partial charge in [-0.3, -0.25) is 4.79 Å². The zero-order valence-corrected chi connectivity index (χ0v) is 11.6. The van der Waals surface area contributed by atoms with Gasteiger partial charge in [-0.05, 0) is 42.7 Å². The number of hydrogen-bond donors (Lipinski definition) is 1. The third-order valence-corrected chi connectivity index (χ3v) is 3.91.